The Kier molecular flexibility index (Phi) is 9.47. The number of hydrogen-bond acceptors (Lipinski definition) is 3. The molecule has 20 heavy (non-hydrogen) atoms. The zero-order valence-electron chi connectivity index (χ0n) is 11.2. The topological polar surface area (TPSA) is 35.5 Å². The molecule has 0 saturated carbocycles. The standard InChI is InChI=1S/C13H18BrClN2O.2ClH/c1-2-11(17-7-5-16-6-8-17)12-10(15)4-3-9(14)13(12)18;;/h3-4,11,16,18H,2,5-8H2,1H3;2*1H/t11-;;/m1../s1. The van der Waals surface area contributed by atoms with E-state index in [9.17, 15) is 5.11 Å². The van der Waals surface area contributed by atoms with Crippen LogP contribution in [0.25, 0.3) is 0 Å². The summed E-state index contributed by atoms with van der Waals surface area (Å²) in [5, 5.41) is 14.2. The molecule has 7 heteroatoms. The van der Waals surface area contributed by atoms with Gasteiger partial charge in [0.25, 0.3) is 0 Å². The molecule has 1 aromatic rings. The fourth-order valence-electron chi connectivity index (χ4n) is 2.51. The van der Waals surface area contributed by atoms with Crippen LogP contribution in [0.4, 0.5) is 0 Å². The lowest BCUT2D eigenvalue weighted by Crippen LogP contribution is -2.45. The van der Waals surface area contributed by atoms with Crippen LogP contribution in [0.15, 0.2) is 16.6 Å². The third-order valence-corrected chi connectivity index (χ3v) is 4.40. The number of phenols is 1. The van der Waals surface area contributed by atoms with Gasteiger partial charge in [-0.15, -0.1) is 24.8 Å². The summed E-state index contributed by atoms with van der Waals surface area (Å²) in [6.45, 7) is 6.08. The molecular weight excluding hydrogens is 386 g/mol. The molecule has 3 nitrogen and oxygen atoms in total. The van der Waals surface area contributed by atoms with Crippen molar-refractivity contribution in [2.45, 2.75) is 19.4 Å². The number of halogens is 4. The van der Waals surface area contributed by atoms with Crippen LogP contribution in [0.1, 0.15) is 24.9 Å². The molecular formula is C13H20BrCl3N2O. The summed E-state index contributed by atoms with van der Waals surface area (Å²) in [6, 6.07) is 3.80. The van der Waals surface area contributed by atoms with Gasteiger partial charge < -0.3 is 10.4 Å². The predicted molar refractivity (Wildman–Crippen MR) is 92.8 cm³/mol. The second-order valence-electron chi connectivity index (χ2n) is 4.50. The first-order chi connectivity index (χ1) is 8.65. The van der Waals surface area contributed by atoms with Gasteiger partial charge in [0.2, 0.25) is 0 Å². The lowest BCUT2D eigenvalue weighted by atomic mass is 10.0. The van der Waals surface area contributed by atoms with Crippen molar-refractivity contribution in [3.63, 3.8) is 0 Å². The van der Waals surface area contributed by atoms with Gasteiger partial charge in [-0.2, -0.15) is 0 Å². The fraction of sp³-hybridized carbons (Fsp3) is 0.538. The number of piperazine rings is 1. The Morgan fingerprint density at radius 3 is 2.50 bits per heavy atom. The van der Waals surface area contributed by atoms with Crippen LogP contribution in [0, 0.1) is 0 Å². The number of rotatable bonds is 3. The van der Waals surface area contributed by atoms with Crippen molar-refractivity contribution in [3.05, 3.63) is 27.2 Å². The Morgan fingerprint density at radius 2 is 1.95 bits per heavy atom. The number of nitrogens with zero attached hydrogens (tertiary/aromatic N) is 1. The van der Waals surface area contributed by atoms with Crippen molar-refractivity contribution in [1.29, 1.82) is 0 Å². The van der Waals surface area contributed by atoms with Crippen LogP contribution in [0.5, 0.6) is 5.75 Å². The van der Waals surface area contributed by atoms with E-state index in [2.05, 4.69) is 33.1 Å². The Balaban J connectivity index is 0.00000180. The van der Waals surface area contributed by atoms with Gasteiger partial charge in [-0.3, -0.25) is 4.90 Å². The van der Waals surface area contributed by atoms with Gasteiger partial charge in [-0.1, -0.05) is 18.5 Å². The Bertz CT molecular complexity index is 428. The van der Waals surface area contributed by atoms with E-state index in [0.29, 0.717) is 9.50 Å². The summed E-state index contributed by atoms with van der Waals surface area (Å²) in [6.07, 6.45) is 0.934. The van der Waals surface area contributed by atoms with Crippen molar-refractivity contribution in [2.24, 2.45) is 0 Å². The van der Waals surface area contributed by atoms with Gasteiger partial charge in [0.15, 0.2) is 0 Å². The summed E-state index contributed by atoms with van der Waals surface area (Å²) >= 11 is 9.63. The number of hydrogen-bond donors (Lipinski definition) is 2. The Labute approximate surface area is 146 Å². The fourth-order valence-corrected chi connectivity index (χ4v) is 3.14. The van der Waals surface area contributed by atoms with Crippen molar-refractivity contribution in [2.75, 3.05) is 26.2 Å². The SMILES string of the molecule is CC[C@H](c1c(Cl)ccc(Br)c1O)N1CCNCC1.Cl.Cl. The molecule has 1 aromatic carbocycles. The molecule has 0 bridgehead atoms. The maximum absolute atomic E-state index is 10.2. The second kappa shape index (κ2) is 9.34. The molecule has 1 saturated heterocycles. The highest BCUT2D eigenvalue weighted by Crippen LogP contribution is 2.40. The van der Waals surface area contributed by atoms with E-state index < -0.39 is 0 Å². The maximum atomic E-state index is 10.2. The monoisotopic (exact) mass is 404 g/mol. The minimum Gasteiger partial charge on any atom is -0.506 e. The molecule has 2 N–H and O–H groups in total. The Hall–Kier alpha value is 0.290. The van der Waals surface area contributed by atoms with E-state index in [-0.39, 0.29) is 36.6 Å². The number of aromatic hydroxyl groups is 1. The van der Waals surface area contributed by atoms with Crippen LogP contribution < -0.4 is 5.32 Å². The summed E-state index contributed by atoms with van der Waals surface area (Å²) in [7, 11) is 0. The molecule has 1 aliphatic heterocycles. The third kappa shape index (κ3) is 4.39. The van der Waals surface area contributed by atoms with Crippen LogP contribution in [0.2, 0.25) is 5.02 Å². The minimum atomic E-state index is 0. The first-order valence-corrected chi connectivity index (χ1v) is 7.44. The number of benzene rings is 1. The van der Waals surface area contributed by atoms with Gasteiger partial charge in [0.1, 0.15) is 5.75 Å². The van der Waals surface area contributed by atoms with Gasteiger partial charge in [0.05, 0.1) is 4.47 Å². The minimum absolute atomic E-state index is 0. The summed E-state index contributed by atoms with van der Waals surface area (Å²) in [5.74, 6) is 0.271. The van der Waals surface area contributed by atoms with E-state index in [4.69, 9.17) is 11.6 Å². The molecule has 1 fully saturated rings. The van der Waals surface area contributed by atoms with Crippen LogP contribution in [-0.2, 0) is 0 Å². The molecule has 1 aliphatic rings. The molecule has 0 unspecified atom stereocenters. The van der Waals surface area contributed by atoms with Gasteiger partial charge >= 0.3 is 0 Å². The molecule has 1 heterocycles. The number of nitrogens with one attached hydrogen (secondary N) is 1. The van der Waals surface area contributed by atoms with Crippen LogP contribution in [-0.4, -0.2) is 36.2 Å². The van der Waals surface area contributed by atoms with Gasteiger partial charge in [-0.05, 0) is 34.5 Å². The Morgan fingerprint density at radius 1 is 1.35 bits per heavy atom. The summed E-state index contributed by atoms with van der Waals surface area (Å²) in [5.41, 5.74) is 0.843. The zero-order chi connectivity index (χ0) is 13.1. The lowest BCUT2D eigenvalue weighted by molar-refractivity contribution is 0.167. The second-order valence-corrected chi connectivity index (χ2v) is 5.76. The molecule has 0 spiro atoms. The number of phenolic OH excluding ortho intramolecular Hbond substituents is 1. The molecule has 2 rings (SSSR count). The van der Waals surface area contributed by atoms with E-state index in [1.54, 1.807) is 6.07 Å². The largest absolute Gasteiger partial charge is 0.506 e. The maximum Gasteiger partial charge on any atom is 0.136 e. The average molecular weight is 407 g/mol. The molecule has 1 atom stereocenters. The third-order valence-electron chi connectivity index (χ3n) is 3.43. The predicted octanol–water partition coefficient (Wildman–Crippen LogP) is 4.01. The van der Waals surface area contributed by atoms with E-state index in [1.807, 2.05) is 6.07 Å². The molecule has 0 amide bonds. The summed E-state index contributed by atoms with van der Waals surface area (Å²) < 4.78 is 0.704. The highest BCUT2D eigenvalue weighted by molar-refractivity contribution is 9.10. The lowest BCUT2D eigenvalue weighted by Gasteiger charge is -2.35. The van der Waals surface area contributed by atoms with E-state index in [1.165, 1.54) is 0 Å². The van der Waals surface area contributed by atoms with Gasteiger partial charge in [-0.25, -0.2) is 0 Å². The normalized spacial score (nSPS) is 16.9. The van der Waals surface area contributed by atoms with Crippen LogP contribution in [0.3, 0.4) is 0 Å². The molecule has 0 radical (unpaired) electrons. The van der Waals surface area contributed by atoms with E-state index in [0.717, 1.165) is 38.2 Å². The highest BCUT2D eigenvalue weighted by atomic mass is 79.9. The van der Waals surface area contributed by atoms with Crippen molar-refractivity contribution < 1.29 is 5.11 Å². The van der Waals surface area contributed by atoms with Crippen LogP contribution >= 0.6 is 52.3 Å². The van der Waals surface area contributed by atoms with E-state index >= 15 is 0 Å². The molecule has 0 aliphatic carbocycles. The first kappa shape index (κ1) is 20.3. The van der Waals surface area contributed by atoms with Crippen molar-refractivity contribution >= 4 is 52.3 Å². The average Bonchev–Trinajstić information content (AvgIpc) is 2.40. The molecule has 116 valence electrons. The van der Waals surface area contributed by atoms with Crippen molar-refractivity contribution in [1.82, 2.24) is 10.2 Å². The quantitative estimate of drug-likeness (QED) is 0.796. The first-order valence-electron chi connectivity index (χ1n) is 6.26. The van der Waals surface area contributed by atoms with Crippen molar-refractivity contribution in [3.8, 4) is 5.75 Å². The highest BCUT2D eigenvalue weighted by Gasteiger charge is 2.25. The molecule has 0 aromatic heterocycles. The van der Waals surface area contributed by atoms with Gasteiger partial charge in [0, 0.05) is 42.8 Å². The summed E-state index contributed by atoms with van der Waals surface area (Å²) in [4.78, 5) is 2.38. The smallest absolute Gasteiger partial charge is 0.136 e. The zero-order valence-corrected chi connectivity index (χ0v) is 15.2.